The summed E-state index contributed by atoms with van der Waals surface area (Å²) in [4.78, 5) is 12.1. The van der Waals surface area contributed by atoms with Gasteiger partial charge < -0.3 is 10.1 Å². The third-order valence-corrected chi connectivity index (χ3v) is 3.50. The first-order chi connectivity index (χ1) is 9.79. The van der Waals surface area contributed by atoms with E-state index >= 15 is 0 Å². The average Bonchev–Trinajstić information content (AvgIpc) is 2.39. The van der Waals surface area contributed by atoms with Crippen LogP contribution in [-0.2, 0) is 9.53 Å². The smallest absolute Gasteiger partial charge is 0.311 e. The maximum Gasteiger partial charge on any atom is 0.311 e. The normalized spacial score (nSPS) is 19.1. The van der Waals surface area contributed by atoms with Crippen molar-refractivity contribution in [3.8, 4) is 0 Å². The van der Waals surface area contributed by atoms with Crippen LogP contribution < -0.4 is 5.32 Å². The van der Waals surface area contributed by atoms with E-state index in [-0.39, 0.29) is 17.9 Å². The van der Waals surface area contributed by atoms with Gasteiger partial charge in [-0.3, -0.25) is 4.79 Å². The lowest BCUT2D eigenvalue weighted by Crippen LogP contribution is -2.38. The maximum absolute atomic E-state index is 13.3. The topological polar surface area (TPSA) is 38.3 Å². The van der Waals surface area contributed by atoms with E-state index in [4.69, 9.17) is 4.74 Å². The van der Waals surface area contributed by atoms with Crippen LogP contribution in [0.4, 0.5) is 4.39 Å². The summed E-state index contributed by atoms with van der Waals surface area (Å²) >= 11 is 0. The highest BCUT2D eigenvalue weighted by Crippen LogP contribution is 2.28. The Kier molecular flexibility index (Phi) is 4.47. The molecule has 0 fully saturated rings. The number of aryl methyl sites for hydroxylation is 1. The number of esters is 1. The molecule has 1 N–H and O–H groups in total. The molecule has 3 nitrogen and oxygen atoms in total. The summed E-state index contributed by atoms with van der Waals surface area (Å²) in [6.07, 6.45) is 1.67. The number of hydrogen-bond donors (Lipinski definition) is 1. The van der Waals surface area contributed by atoms with Crippen LogP contribution in [0.25, 0.3) is 5.57 Å². The van der Waals surface area contributed by atoms with Crippen LogP contribution in [0.1, 0.15) is 31.9 Å². The quantitative estimate of drug-likeness (QED) is 0.851. The van der Waals surface area contributed by atoms with Gasteiger partial charge in [0, 0.05) is 13.1 Å². The highest BCUT2D eigenvalue weighted by atomic mass is 19.1. The molecule has 1 aromatic carbocycles. The standard InChI is InChI=1S/C17H22FNO2/c1-11-9-12(18)5-6-13(11)14-7-8-19-10-15(14)21-16(20)17(2,3)4/h5-7,9,15,19H,8,10H2,1-4H3. The van der Waals surface area contributed by atoms with E-state index in [1.807, 2.05) is 33.8 Å². The van der Waals surface area contributed by atoms with Gasteiger partial charge in [-0.25, -0.2) is 4.39 Å². The van der Waals surface area contributed by atoms with E-state index in [0.29, 0.717) is 6.54 Å². The zero-order valence-electron chi connectivity index (χ0n) is 13.0. The molecule has 0 aromatic heterocycles. The van der Waals surface area contributed by atoms with Gasteiger partial charge in [0.05, 0.1) is 5.41 Å². The second-order valence-corrected chi connectivity index (χ2v) is 6.42. The number of ether oxygens (including phenoxy) is 1. The van der Waals surface area contributed by atoms with Crippen molar-refractivity contribution in [3.63, 3.8) is 0 Å². The Hall–Kier alpha value is -1.68. The summed E-state index contributed by atoms with van der Waals surface area (Å²) in [5.41, 5.74) is 2.19. The van der Waals surface area contributed by atoms with Crippen molar-refractivity contribution in [1.82, 2.24) is 5.32 Å². The van der Waals surface area contributed by atoms with E-state index < -0.39 is 5.41 Å². The Labute approximate surface area is 125 Å². The highest BCUT2D eigenvalue weighted by molar-refractivity contribution is 5.79. The summed E-state index contributed by atoms with van der Waals surface area (Å²) in [6, 6.07) is 4.69. The summed E-state index contributed by atoms with van der Waals surface area (Å²) in [5, 5.41) is 3.19. The number of hydrogen-bond acceptors (Lipinski definition) is 3. The first kappa shape index (κ1) is 15.7. The molecule has 0 bridgehead atoms. The average molecular weight is 291 g/mol. The number of benzene rings is 1. The molecule has 0 radical (unpaired) electrons. The Morgan fingerprint density at radius 3 is 2.71 bits per heavy atom. The number of rotatable bonds is 2. The molecular formula is C17H22FNO2. The van der Waals surface area contributed by atoms with E-state index in [1.54, 1.807) is 6.07 Å². The molecule has 0 saturated heterocycles. The lowest BCUT2D eigenvalue weighted by molar-refractivity contribution is -0.155. The predicted octanol–water partition coefficient (Wildman–Crippen LogP) is 3.08. The number of nitrogens with one attached hydrogen (secondary N) is 1. The zero-order chi connectivity index (χ0) is 15.6. The van der Waals surface area contributed by atoms with Gasteiger partial charge in [-0.05, 0) is 56.5 Å². The molecule has 114 valence electrons. The first-order valence-electron chi connectivity index (χ1n) is 7.17. The summed E-state index contributed by atoms with van der Waals surface area (Å²) in [6.45, 7) is 8.65. The van der Waals surface area contributed by atoms with Crippen molar-refractivity contribution in [3.05, 3.63) is 41.2 Å². The van der Waals surface area contributed by atoms with Crippen LogP contribution in [0.2, 0.25) is 0 Å². The van der Waals surface area contributed by atoms with Crippen LogP contribution in [0.15, 0.2) is 24.3 Å². The highest BCUT2D eigenvalue weighted by Gasteiger charge is 2.29. The van der Waals surface area contributed by atoms with Gasteiger partial charge in [-0.2, -0.15) is 0 Å². The van der Waals surface area contributed by atoms with Crippen molar-refractivity contribution in [2.24, 2.45) is 5.41 Å². The minimum Gasteiger partial charge on any atom is -0.456 e. The van der Waals surface area contributed by atoms with Crippen LogP contribution in [0.5, 0.6) is 0 Å². The molecule has 1 aliphatic rings. The molecule has 1 atom stereocenters. The third kappa shape index (κ3) is 3.70. The van der Waals surface area contributed by atoms with Crippen molar-refractivity contribution < 1.29 is 13.9 Å². The fourth-order valence-electron chi connectivity index (χ4n) is 2.28. The molecule has 1 unspecified atom stereocenters. The molecule has 21 heavy (non-hydrogen) atoms. The molecular weight excluding hydrogens is 269 g/mol. The van der Waals surface area contributed by atoms with Gasteiger partial charge >= 0.3 is 5.97 Å². The van der Waals surface area contributed by atoms with Gasteiger partial charge in [0.2, 0.25) is 0 Å². The Balaban J connectivity index is 2.27. The summed E-state index contributed by atoms with van der Waals surface area (Å²) < 4.78 is 18.9. The SMILES string of the molecule is Cc1cc(F)ccc1C1=CCNCC1OC(=O)C(C)(C)C. The van der Waals surface area contributed by atoms with Crippen LogP contribution in [0, 0.1) is 18.2 Å². The van der Waals surface area contributed by atoms with Gasteiger partial charge in [-0.15, -0.1) is 0 Å². The Bertz CT molecular complexity index is 573. The van der Waals surface area contributed by atoms with Gasteiger partial charge in [0.15, 0.2) is 0 Å². The molecule has 0 spiro atoms. The number of carbonyl (C=O) groups is 1. The van der Waals surface area contributed by atoms with E-state index in [0.717, 1.165) is 23.2 Å². The Morgan fingerprint density at radius 1 is 1.38 bits per heavy atom. The molecule has 1 heterocycles. The Morgan fingerprint density at radius 2 is 2.10 bits per heavy atom. The fourth-order valence-corrected chi connectivity index (χ4v) is 2.28. The van der Waals surface area contributed by atoms with Gasteiger partial charge in [0.1, 0.15) is 11.9 Å². The molecule has 0 saturated carbocycles. The van der Waals surface area contributed by atoms with Crippen LogP contribution in [0.3, 0.4) is 0 Å². The second kappa shape index (κ2) is 5.98. The lowest BCUT2D eigenvalue weighted by Gasteiger charge is -2.29. The largest absolute Gasteiger partial charge is 0.456 e. The molecule has 1 aromatic rings. The minimum absolute atomic E-state index is 0.234. The van der Waals surface area contributed by atoms with Crippen molar-refractivity contribution in [2.75, 3.05) is 13.1 Å². The van der Waals surface area contributed by atoms with Gasteiger partial charge in [-0.1, -0.05) is 12.1 Å². The van der Waals surface area contributed by atoms with E-state index in [1.165, 1.54) is 12.1 Å². The molecule has 2 rings (SSSR count). The summed E-state index contributed by atoms with van der Waals surface area (Å²) in [7, 11) is 0. The maximum atomic E-state index is 13.3. The van der Waals surface area contributed by atoms with Crippen LogP contribution in [-0.4, -0.2) is 25.2 Å². The van der Waals surface area contributed by atoms with Crippen molar-refractivity contribution >= 4 is 11.5 Å². The summed E-state index contributed by atoms with van der Waals surface area (Å²) in [5.74, 6) is -0.490. The first-order valence-corrected chi connectivity index (χ1v) is 7.17. The van der Waals surface area contributed by atoms with Crippen molar-refractivity contribution in [1.29, 1.82) is 0 Å². The lowest BCUT2D eigenvalue weighted by atomic mass is 9.93. The molecule has 0 aliphatic carbocycles. The number of halogens is 1. The fraction of sp³-hybridized carbons (Fsp3) is 0.471. The van der Waals surface area contributed by atoms with E-state index in [2.05, 4.69) is 5.32 Å². The van der Waals surface area contributed by atoms with Crippen LogP contribution >= 0.6 is 0 Å². The van der Waals surface area contributed by atoms with Crippen molar-refractivity contribution in [2.45, 2.75) is 33.8 Å². The van der Waals surface area contributed by atoms with Gasteiger partial charge in [0.25, 0.3) is 0 Å². The zero-order valence-corrected chi connectivity index (χ0v) is 13.0. The van der Waals surface area contributed by atoms with E-state index in [9.17, 15) is 9.18 Å². The predicted molar refractivity (Wildman–Crippen MR) is 81.3 cm³/mol. The second-order valence-electron chi connectivity index (χ2n) is 6.42. The molecule has 4 heteroatoms. The molecule has 1 aliphatic heterocycles. The minimum atomic E-state index is -0.541. The third-order valence-electron chi connectivity index (χ3n) is 3.50. The monoisotopic (exact) mass is 291 g/mol. The number of carbonyl (C=O) groups excluding carboxylic acids is 1. The molecule has 0 amide bonds.